The maximum Gasteiger partial charge on any atom is 0.231 e. The van der Waals surface area contributed by atoms with Crippen LogP contribution < -0.4 is 20.5 Å². The van der Waals surface area contributed by atoms with Gasteiger partial charge >= 0.3 is 0 Å². The van der Waals surface area contributed by atoms with E-state index < -0.39 is 0 Å². The molecule has 106 valence electrons. The summed E-state index contributed by atoms with van der Waals surface area (Å²) in [5.74, 6) is 1.61. The van der Waals surface area contributed by atoms with Crippen LogP contribution in [0.15, 0.2) is 48.5 Å². The third-order valence-corrected chi connectivity index (χ3v) is 2.90. The quantitative estimate of drug-likeness (QED) is 0.900. The minimum Gasteiger partial charge on any atom is -0.454 e. The van der Waals surface area contributed by atoms with E-state index in [0.29, 0.717) is 13.3 Å². The number of nitrogens with two attached hydrogens (primary N) is 1. The second-order valence-corrected chi connectivity index (χ2v) is 4.41. The van der Waals surface area contributed by atoms with Crippen LogP contribution >= 0.6 is 0 Å². The number of fused-ring (bicyclic) bond motifs is 1. The van der Waals surface area contributed by atoms with Gasteiger partial charge in [-0.1, -0.05) is 36.4 Å². The lowest BCUT2D eigenvalue weighted by molar-refractivity contribution is 0.174. The molecule has 1 aliphatic rings. The van der Waals surface area contributed by atoms with E-state index in [0.717, 1.165) is 23.6 Å². The molecule has 0 unspecified atom stereocenters. The van der Waals surface area contributed by atoms with Crippen molar-refractivity contribution in [3.8, 4) is 11.5 Å². The fraction of sp³-hybridized carbons (Fsp3) is 0.250. The number of hydrogen-bond donors (Lipinski definition) is 2. The standard InChI is InChI=1S/C8H9NO2.C8H11N/c9-4-6-1-2-7-8(3-6)11-5-10-7;1-9-7-8-5-3-2-4-6-8/h1-3H,4-5,9H2;2-6,9H,7H2,1H3. The topological polar surface area (TPSA) is 56.5 Å². The van der Waals surface area contributed by atoms with E-state index in [4.69, 9.17) is 15.2 Å². The monoisotopic (exact) mass is 272 g/mol. The third kappa shape index (κ3) is 3.98. The summed E-state index contributed by atoms with van der Waals surface area (Å²) in [4.78, 5) is 0. The van der Waals surface area contributed by atoms with Crippen LogP contribution in [0.4, 0.5) is 0 Å². The summed E-state index contributed by atoms with van der Waals surface area (Å²) in [7, 11) is 1.95. The van der Waals surface area contributed by atoms with E-state index in [1.165, 1.54) is 5.56 Å². The van der Waals surface area contributed by atoms with Crippen molar-refractivity contribution >= 4 is 0 Å². The van der Waals surface area contributed by atoms with Gasteiger partial charge in [0.05, 0.1) is 0 Å². The molecule has 1 aliphatic heterocycles. The van der Waals surface area contributed by atoms with E-state index in [1.54, 1.807) is 0 Å². The SMILES string of the molecule is CNCc1ccccc1.NCc1ccc2c(c1)OCO2. The van der Waals surface area contributed by atoms with Gasteiger partial charge < -0.3 is 20.5 Å². The van der Waals surface area contributed by atoms with Crippen LogP contribution in [-0.4, -0.2) is 13.8 Å². The first-order valence-corrected chi connectivity index (χ1v) is 6.60. The van der Waals surface area contributed by atoms with Crippen LogP contribution in [0.25, 0.3) is 0 Å². The molecule has 2 aromatic rings. The number of nitrogens with one attached hydrogen (secondary N) is 1. The summed E-state index contributed by atoms with van der Waals surface area (Å²) in [6, 6.07) is 16.1. The first-order chi connectivity index (χ1) is 9.83. The highest BCUT2D eigenvalue weighted by molar-refractivity contribution is 5.44. The lowest BCUT2D eigenvalue weighted by Crippen LogP contribution is -2.04. The molecule has 0 atom stereocenters. The third-order valence-electron chi connectivity index (χ3n) is 2.90. The van der Waals surface area contributed by atoms with Crippen molar-refractivity contribution < 1.29 is 9.47 Å². The van der Waals surface area contributed by atoms with Crippen LogP contribution in [0.1, 0.15) is 11.1 Å². The van der Waals surface area contributed by atoms with Gasteiger partial charge in [0.2, 0.25) is 6.79 Å². The Labute approximate surface area is 119 Å². The predicted molar refractivity (Wildman–Crippen MR) is 79.7 cm³/mol. The van der Waals surface area contributed by atoms with Crippen LogP contribution in [-0.2, 0) is 13.1 Å². The lowest BCUT2D eigenvalue weighted by Gasteiger charge is -1.97. The highest BCUT2D eigenvalue weighted by Crippen LogP contribution is 2.32. The molecule has 0 saturated heterocycles. The molecule has 1 heterocycles. The van der Waals surface area contributed by atoms with Crippen molar-refractivity contribution in [1.29, 1.82) is 0 Å². The van der Waals surface area contributed by atoms with Crippen LogP contribution in [0.5, 0.6) is 11.5 Å². The molecular weight excluding hydrogens is 252 g/mol. The highest BCUT2D eigenvalue weighted by Gasteiger charge is 2.12. The first kappa shape index (κ1) is 14.4. The Morgan fingerprint density at radius 2 is 1.75 bits per heavy atom. The van der Waals surface area contributed by atoms with Gasteiger partial charge in [0.1, 0.15) is 0 Å². The minimum atomic E-state index is 0.323. The van der Waals surface area contributed by atoms with Crippen LogP contribution in [0.2, 0.25) is 0 Å². The molecule has 4 heteroatoms. The van der Waals surface area contributed by atoms with Crippen molar-refractivity contribution in [2.45, 2.75) is 13.1 Å². The summed E-state index contributed by atoms with van der Waals surface area (Å²) in [6.45, 7) is 1.82. The second-order valence-electron chi connectivity index (χ2n) is 4.41. The van der Waals surface area contributed by atoms with Gasteiger partial charge in [-0.2, -0.15) is 0 Å². The summed E-state index contributed by atoms with van der Waals surface area (Å²) < 4.78 is 10.3. The zero-order chi connectivity index (χ0) is 14.2. The first-order valence-electron chi connectivity index (χ1n) is 6.60. The van der Waals surface area contributed by atoms with Crippen molar-refractivity contribution in [2.24, 2.45) is 5.73 Å². The molecule has 0 aromatic heterocycles. The Kier molecular flexibility index (Phi) is 5.41. The highest BCUT2D eigenvalue weighted by atomic mass is 16.7. The van der Waals surface area contributed by atoms with Gasteiger partial charge in [0.15, 0.2) is 11.5 Å². The normalized spacial score (nSPS) is 11.7. The maximum absolute atomic E-state index is 5.45. The van der Waals surface area contributed by atoms with E-state index in [9.17, 15) is 0 Å². The predicted octanol–water partition coefficient (Wildman–Crippen LogP) is 2.28. The molecule has 0 radical (unpaired) electrons. The number of ether oxygens (including phenoxy) is 2. The molecule has 4 nitrogen and oxygen atoms in total. The maximum atomic E-state index is 5.45. The Hall–Kier alpha value is -2.04. The van der Waals surface area contributed by atoms with Crippen LogP contribution in [0.3, 0.4) is 0 Å². The van der Waals surface area contributed by atoms with Crippen molar-refractivity contribution in [2.75, 3.05) is 13.8 Å². The second kappa shape index (κ2) is 7.53. The number of hydrogen-bond acceptors (Lipinski definition) is 4. The Balaban J connectivity index is 0.000000151. The molecule has 2 aromatic carbocycles. The fourth-order valence-electron chi connectivity index (χ4n) is 1.87. The minimum absolute atomic E-state index is 0.323. The van der Waals surface area contributed by atoms with E-state index in [-0.39, 0.29) is 0 Å². The van der Waals surface area contributed by atoms with Crippen molar-refractivity contribution in [3.05, 3.63) is 59.7 Å². The Morgan fingerprint density at radius 3 is 2.45 bits per heavy atom. The summed E-state index contributed by atoms with van der Waals surface area (Å²) in [5, 5.41) is 3.08. The van der Waals surface area contributed by atoms with Crippen LogP contribution in [0, 0.1) is 0 Å². The van der Waals surface area contributed by atoms with E-state index in [1.807, 2.05) is 43.4 Å². The number of rotatable bonds is 3. The van der Waals surface area contributed by atoms with Gasteiger partial charge in [-0.3, -0.25) is 0 Å². The van der Waals surface area contributed by atoms with Crippen molar-refractivity contribution in [1.82, 2.24) is 5.32 Å². The van der Waals surface area contributed by atoms with Gasteiger partial charge in [0, 0.05) is 13.1 Å². The summed E-state index contributed by atoms with van der Waals surface area (Å²) in [5.41, 5.74) is 7.84. The average molecular weight is 272 g/mol. The van der Waals surface area contributed by atoms with Gasteiger partial charge in [0.25, 0.3) is 0 Å². The average Bonchev–Trinajstić information content (AvgIpc) is 2.96. The lowest BCUT2D eigenvalue weighted by atomic mass is 10.2. The van der Waals surface area contributed by atoms with Crippen molar-refractivity contribution in [3.63, 3.8) is 0 Å². The summed E-state index contributed by atoms with van der Waals surface area (Å²) in [6.07, 6.45) is 0. The molecule has 0 bridgehead atoms. The molecule has 0 amide bonds. The fourth-order valence-corrected chi connectivity index (χ4v) is 1.87. The zero-order valence-corrected chi connectivity index (χ0v) is 11.6. The number of benzene rings is 2. The Bertz CT molecular complexity index is 529. The van der Waals surface area contributed by atoms with E-state index >= 15 is 0 Å². The molecule has 0 aliphatic carbocycles. The molecule has 3 rings (SSSR count). The summed E-state index contributed by atoms with van der Waals surface area (Å²) >= 11 is 0. The molecule has 20 heavy (non-hydrogen) atoms. The molecule has 0 saturated carbocycles. The molecular formula is C16H20N2O2. The van der Waals surface area contributed by atoms with Gasteiger partial charge in [-0.25, -0.2) is 0 Å². The van der Waals surface area contributed by atoms with E-state index in [2.05, 4.69) is 17.4 Å². The van der Waals surface area contributed by atoms with Gasteiger partial charge in [-0.15, -0.1) is 0 Å². The molecule has 3 N–H and O–H groups in total. The van der Waals surface area contributed by atoms with Gasteiger partial charge in [-0.05, 0) is 30.3 Å². The Morgan fingerprint density at radius 1 is 1.00 bits per heavy atom. The smallest absolute Gasteiger partial charge is 0.231 e. The molecule has 0 spiro atoms. The molecule has 0 fully saturated rings. The largest absolute Gasteiger partial charge is 0.454 e. The zero-order valence-electron chi connectivity index (χ0n) is 11.6.